The first kappa shape index (κ1) is 26.7. The number of likely N-dealkylation sites (N-methyl/N-ethyl adjacent to an activating group) is 1. The van der Waals surface area contributed by atoms with E-state index in [0.29, 0.717) is 12.5 Å². The number of nitrogens with zero attached hydrogens (tertiary/aromatic N) is 2. The molecule has 28 heavy (non-hydrogen) atoms. The molecule has 1 rings (SSSR count). The first-order valence-electron chi connectivity index (χ1n) is 8.74. The van der Waals surface area contributed by atoms with Crippen LogP contribution in [0, 0.1) is 0 Å². The summed E-state index contributed by atoms with van der Waals surface area (Å²) in [4.78, 5) is 6.34. The van der Waals surface area contributed by atoms with Crippen molar-refractivity contribution in [1.29, 1.82) is 0 Å². The van der Waals surface area contributed by atoms with E-state index in [1.807, 2.05) is 13.1 Å². The molecule has 0 heterocycles. The number of rotatable bonds is 11. The summed E-state index contributed by atoms with van der Waals surface area (Å²) >= 11 is 0. The minimum atomic E-state index is -4.35. The van der Waals surface area contributed by atoms with Crippen molar-refractivity contribution in [3.63, 3.8) is 0 Å². The molecule has 0 spiro atoms. The van der Waals surface area contributed by atoms with Gasteiger partial charge in [0.2, 0.25) is 0 Å². The molecule has 0 saturated heterocycles. The Hall–Kier alpha value is -1.27. The predicted molar refractivity (Wildman–Crippen MR) is 116 cm³/mol. The van der Waals surface area contributed by atoms with Crippen LogP contribution in [0.2, 0.25) is 0 Å². The van der Waals surface area contributed by atoms with Crippen LogP contribution >= 0.6 is 24.0 Å². The average Bonchev–Trinajstić information content (AvgIpc) is 2.63. The molecular formula is C18H30F3IN4O2. The van der Waals surface area contributed by atoms with E-state index in [4.69, 9.17) is 9.47 Å². The monoisotopic (exact) mass is 518 g/mol. The van der Waals surface area contributed by atoms with Gasteiger partial charge < -0.3 is 25.0 Å². The van der Waals surface area contributed by atoms with E-state index in [-0.39, 0.29) is 29.7 Å². The Morgan fingerprint density at radius 3 is 2.61 bits per heavy atom. The van der Waals surface area contributed by atoms with Crippen LogP contribution in [0.15, 0.2) is 29.3 Å². The minimum absolute atomic E-state index is 0. The quantitative estimate of drug-likeness (QED) is 0.204. The third-order valence-electron chi connectivity index (χ3n) is 3.66. The number of nitrogens with one attached hydrogen (secondary N) is 2. The normalized spacial score (nSPS) is 11.9. The number of benzene rings is 1. The maximum absolute atomic E-state index is 12.2. The molecule has 0 aromatic heterocycles. The SMILES string of the molecule is CN=C(NCCN(C)CCCOC)NCc1cccc(OCC(F)(F)F)c1.I. The second kappa shape index (κ2) is 14.7. The van der Waals surface area contributed by atoms with Crippen molar-refractivity contribution >= 4 is 29.9 Å². The van der Waals surface area contributed by atoms with E-state index in [2.05, 4.69) is 20.5 Å². The summed E-state index contributed by atoms with van der Waals surface area (Å²) in [5.41, 5.74) is 0.800. The number of hydrogen-bond acceptors (Lipinski definition) is 4. The molecule has 0 fully saturated rings. The summed E-state index contributed by atoms with van der Waals surface area (Å²) in [5.74, 6) is 0.814. The third kappa shape index (κ3) is 13.0. The van der Waals surface area contributed by atoms with Gasteiger partial charge in [0.05, 0.1) is 0 Å². The molecule has 10 heteroatoms. The first-order valence-corrected chi connectivity index (χ1v) is 8.74. The zero-order chi connectivity index (χ0) is 20.1. The molecule has 0 atom stereocenters. The third-order valence-corrected chi connectivity index (χ3v) is 3.66. The van der Waals surface area contributed by atoms with Gasteiger partial charge in [-0.15, -0.1) is 24.0 Å². The molecule has 6 nitrogen and oxygen atoms in total. The van der Waals surface area contributed by atoms with Gasteiger partial charge in [-0.05, 0) is 31.2 Å². The van der Waals surface area contributed by atoms with Gasteiger partial charge in [0.25, 0.3) is 0 Å². The Morgan fingerprint density at radius 2 is 1.96 bits per heavy atom. The van der Waals surface area contributed by atoms with Crippen LogP contribution in [0.25, 0.3) is 0 Å². The lowest BCUT2D eigenvalue weighted by Crippen LogP contribution is -2.40. The average molecular weight is 518 g/mol. The molecule has 0 bridgehead atoms. The smallest absolute Gasteiger partial charge is 0.422 e. The lowest BCUT2D eigenvalue weighted by atomic mass is 10.2. The van der Waals surface area contributed by atoms with E-state index in [0.717, 1.165) is 38.2 Å². The van der Waals surface area contributed by atoms with Gasteiger partial charge in [0, 0.05) is 46.9 Å². The van der Waals surface area contributed by atoms with Crippen molar-refractivity contribution in [1.82, 2.24) is 15.5 Å². The molecule has 1 aromatic carbocycles. The van der Waals surface area contributed by atoms with Crippen LogP contribution in [0.5, 0.6) is 5.75 Å². The first-order chi connectivity index (χ1) is 12.8. The lowest BCUT2D eigenvalue weighted by molar-refractivity contribution is -0.153. The zero-order valence-corrected chi connectivity index (χ0v) is 18.8. The highest BCUT2D eigenvalue weighted by atomic mass is 127. The van der Waals surface area contributed by atoms with E-state index >= 15 is 0 Å². The molecule has 2 N–H and O–H groups in total. The Morgan fingerprint density at radius 1 is 1.21 bits per heavy atom. The number of guanidine groups is 1. The Kier molecular flexibility index (Phi) is 14.0. The fraction of sp³-hybridized carbons (Fsp3) is 0.611. The van der Waals surface area contributed by atoms with Crippen molar-refractivity contribution in [3.05, 3.63) is 29.8 Å². The van der Waals surface area contributed by atoms with E-state index in [1.54, 1.807) is 26.3 Å². The summed E-state index contributed by atoms with van der Waals surface area (Å²) in [5, 5.41) is 6.34. The zero-order valence-electron chi connectivity index (χ0n) is 16.5. The van der Waals surface area contributed by atoms with Crippen molar-refractivity contribution < 1.29 is 22.6 Å². The van der Waals surface area contributed by atoms with Crippen LogP contribution in [-0.4, -0.2) is 71.1 Å². The molecule has 0 unspecified atom stereocenters. The Balaban J connectivity index is 0.00000729. The fourth-order valence-electron chi connectivity index (χ4n) is 2.27. The van der Waals surface area contributed by atoms with Gasteiger partial charge in [-0.25, -0.2) is 0 Å². The second-order valence-electron chi connectivity index (χ2n) is 6.05. The van der Waals surface area contributed by atoms with Gasteiger partial charge in [0.1, 0.15) is 5.75 Å². The highest BCUT2D eigenvalue weighted by Crippen LogP contribution is 2.19. The molecule has 0 aliphatic rings. The van der Waals surface area contributed by atoms with Gasteiger partial charge >= 0.3 is 6.18 Å². The number of aliphatic imine (C=N–C) groups is 1. The highest BCUT2D eigenvalue weighted by molar-refractivity contribution is 14.0. The lowest BCUT2D eigenvalue weighted by Gasteiger charge is -2.18. The maximum Gasteiger partial charge on any atom is 0.422 e. The standard InChI is InChI=1S/C18H29F3N4O2.HI/c1-22-17(23-8-10-25(2)9-5-11-26-3)24-13-15-6-4-7-16(12-15)27-14-18(19,20)21;/h4,6-7,12H,5,8-11,13-14H2,1-3H3,(H2,22,23,24);1H. The molecule has 1 aromatic rings. The van der Waals surface area contributed by atoms with E-state index < -0.39 is 12.8 Å². The summed E-state index contributed by atoms with van der Waals surface area (Å²) in [7, 11) is 5.40. The summed E-state index contributed by atoms with van der Waals surface area (Å²) < 4.78 is 46.5. The van der Waals surface area contributed by atoms with Crippen molar-refractivity contribution in [2.24, 2.45) is 4.99 Å². The van der Waals surface area contributed by atoms with Crippen molar-refractivity contribution in [2.75, 3.05) is 54.1 Å². The summed E-state index contributed by atoms with van der Waals surface area (Å²) in [6.07, 6.45) is -3.37. The minimum Gasteiger partial charge on any atom is -0.484 e. The van der Waals surface area contributed by atoms with Gasteiger partial charge in [-0.1, -0.05) is 12.1 Å². The highest BCUT2D eigenvalue weighted by Gasteiger charge is 2.28. The number of ether oxygens (including phenoxy) is 2. The van der Waals surface area contributed by atoms with Crippen LogP contribution in [0.4, 0.5) is 13.2 Å². The molecule has 0 saturated carbocycles. The molecule has 0 radical (unpaired) electrons. The number of methoxy groups -OCH3 is 1. The largest absolute Gasteiger partial charge is 0.484 e. The van der Waals surface area contributed by atoms with E-state index in [1.165, 1.54) is 6.07 Å². The van der Waals surface area contributed by atoms with Crippen LogP contribution in [0.3, 0.4) is 0 Å². The molecular weight excluding hydrogens is 488 g/mol. The summed E-state index contributed by atoms with van der Waals surface area (Å²) in [6.45, 7) is 2.39. The van der Waals surface area contributed by atoms with Crippen molar-refractivity contribution in [3.8, 4) is 5.75 Å². The van der Waals surface area contributed by atoms with Gasteiger partial charge in [-0.2, -0.15) is 13.2 Å². The molecule has 0 aliphatic heterocycles. The second-order valence-corrected chi connectivity index (χ2v) is 6.05. The van der Waals surface area contributed by atoms with E-state index in [9.17, 15) is 13.2 Å². The van der Waals surface area contributed by atoms with Crippen molar-refractivity contribution in [2.45, 2.75) is 19.1 Å². The van der Waals surface area contributed by atoms with Crippen LogP contribution in [-0.2, 0) is 11.3 Å². The molecule has 0 amide bonds. The van der Waals surface area contributed by atoms with Gasteiger partial charge in [-0.3, -0.25) is 4.99 Å². The topological polar surface area (TPSA) is 58.1 Å². The predicted octanol–water partition coefficient (Wildman–Crippen LogP) is 2.88. The van der Waals surface area contributed by atoms with Gasteiger partial charge in [0.15, 0.2) is 12.6 Å². The summed E-state index contributed by atoms with van der Waals surface area (Å²) in [6, 6.07) is 6.55. The number of alkyl halides is 3. The number of halogens is 4. The fourth-order valence-corrected chi connectivity index (χ4v) is 2.27. The molecule has 162 valence electrons. The number of hydrogen-bond donors (Lipinski definition) is 2. The Labute approximate surface area is 181 Å². The maximum atomic E-state index is 12.2. The van der Waals surface area contributed by atoms with Crippen LogP contribution < -0.4 is 15.4 Å². The van der Waals surface area contributed by atoms with Crippen LogP contribution in [0.1, 0.15) is 12.0 Å². The Bertz CT molecular complexity index is 574. The molecule has 0 aliphatic carbocycles.